The third-order valence-corrected chi connectivity index (χ3v) is 4.33. The molecule has 6 nitrogen and oxygen atoms in total. The molecule has 1 saturated heterocycles. The lowest BCUT2D eigenvalue weighted by atomic mass is 10.1. The fraction of sp³-hybridized carbons (Fsp3) is 0.556. The number of benzene rings is 1. The van der Waals surface area contributed by atoms with E-state index >= 15 is 0 Å². The third kappa shape index (κ3) is 5.62. The number of hydrogen-bond donors (Lipinski definition) is 1. The van der Waals surface area contributed by atoms with Gasteiger partial charge in [-0.1, -0.05) is 30.3 Å². The van der Waals surface area contributed by atoms with Crippen LogP contribution in [0.5, 0.6) is 0 Å². The van der Waals surface area contributed by atoms with E-state index in [1.807, 2.05) is 30.3 Å². The zero-order chi connectivity index (χ0) is 17.4. The minimum Gasteiger partial charge on any atom is -0.460 e. The number of hydrogen-bond acceptors (Lipinski definition) is 5. The Balaban J connectivity index is 1.70. The fourth-order valence-electron chi connectivity index (χ4n) is 2.68. The molecular formula is C18H26N2O4. The van der Waals surface area contributed by atoms with Gasteiger partial charge in [0.1, 0.15) is 12.6 Å². The molecule has 2 rings (SSSR count). The lowest BCUT2D eigenvalue weighted by molar-refractivity contribution is -0.146. The van der Waals surface area contributed by atoms with Crippen molar-refractivity contribution >= 4 is 11.9 Å². The summed E-state index contributed by atoms with van der Waals surface area (Å²) in [6.45, 7) is 1.57. The Morgan fingerprint density at radius 2 is 1.96 bits per heavy atom. The maximum Gasteiger partial charge on any atom is 0.323 e. The highest BCUT2D eigenvalue weighted by atomic mass is 16.5. The van der Waals surface area contributed by atoms with E-state index in [1.54, 1.807) is 11.9 Å². The van der Waals surface area contributed by atoms with Crippen LogP contribution in [0.4, 0.5) is 0 Å². The van der Waals surface area contributed by atoms with Crippen LogP contribution < -0.4 is 5.73 Å². The number of carbonyl (C=O) groups is 2. The third-order valence-electron chi connectivity index (χ3n) is 4.33. The van der Waals surface area contributed by atoms with Crippen LogP contribution in [0.1, 0.15) is 31.2 Å². The molecule has 1 amide bonds. The molecule has 1 aromatic carbocycles. The van der Waals surface area contributed by atoms with Gasteiger partial charge in [-0.05, 0) is 24.8 Å². The number of rotatable bonds is 7. The summed E-state index contributed by atoms with van der Waals surface area (Å²) in [7, 11) is 1.80. The first-order chi connectivity index (χ1) is 11.6. The van der Waals surface area contributed by atoms with Crippen LogP contribution in [-0.2, 0) is 25.7 Å². The van der Waals surface area contributed by atoms with Crippen molar-refractivity contribution in [1.29, 1.82) is 0 Å². The minimum atomic E-state index is -0.777. The van der Waals surface area contributed by atoms with Crippen LogP contribution in [0.3, 0.4) is 0 Å². The predicted molar refractivity (Wildman–Crippen MR) is 90.1 cm³/mol. The van der Waals surface area contributed by atoms with Crippen molar-refractivity contribution in [3.63, 3.8) is 0 Å². The van der Waals surface area contributed by atoms with Crippen LogP contribution in [0.15, 0.2) is 30.3 Å². The predicted octanol–water partition coefficient (Wildman–Crippen LogP) is 1.47. The average molecular weight is 334 g/mol. The Bertz CT molecular complexity index is 529. The highest BCUT2D eigenvalue weighted by molar-refractivity contribution is 5.79. The molecule has 1 atom stereocenters. The van der Waals surface area contributed by atoms with E-state index in [0.717, 1.165) is 18.4 Å². The standard InChI is InChI=1S/C18H26N2O4/c1-20(15-9-11-23-12-10-15)17(21)8-7-16(19)18(22)24-13-14-5-3-2-4-6-14/h2-6,15-16H,7-13,19H2,1H3. The largest absolute Gasteiger partial charge is 0.460 e. The number of nitrogens with zero attached hydrogens (tertiary/aromatic N) is 1. The van der Waals surface area contributed by atoms with E-state index in [9.17, 15) is 9.59 Å². The van der Waals surface area contributed by atoms with Crippen molar-refractivity contribution in [2.45, 2.75) is 44.4 Å². The Labute approximate surface area is 142 Å². The number of carbonyl (C=O) groups excluding carboxylic acids is 2. The summed E-state index contributed by atoms with van der Waals surface area (Å²) in [5.41, 5.74) is 6.75. The van der Waals surface area contributed by atoms with Gasteiger partial charge in [0.05, 0.1) is 0 Å². The number of esters is 1. The van der Waals surface area contributed by atoms with Crippen molar-refractivity contribution in [3.8, 4) is 0 Å². The van der Waals surface area contributed by atoms with E-state index in [2.05, 4.69) is 0 Å². The second-order valence-corrected chi connectivity index (χ2v) is 6.09. The van der Waals surface area contributed by atoms with Gasteiger partial charge in [0.2, 0.25) is 5.91 Å². The van der Waals surface area contributed by atoms with Gasteiger partial charge in [-0.3, -0.25) is 9.59 Å². The van der Waals surface area contributed by atoms with E-state index < -0.39 is 12.0 Å². The highest BCUT2D eigenvalue weighted by Crippen LogP contribution is 2.14. The topological polar surface area (TPSA) is 81.9 Å². The number of ether oxygens (including phenoxy) is 2. The van der Waals surface area contributed by atoms with Gasteiger partial charge in [-0.15, -0.1) is 0 Å². The lowest BCUT2D eigenvalue weighted by Crippen LogP contribution is -2.41. The molecule has 0 radical (unpaired) electrons. The molecule has 1 aromatic rings. The Morgan fingerprint density at radius 1 is 1.29 bits per heavy atom. The number of amides is 1. The van der Waals surface area contributed by atoms with Gasteiger partial charge in [0.25, 0.3) is 0 Å². The van der Waals surface area contributed by atoms with Gasteiger partial charge in [-0.25, -0.2) is 0 Å². The smallest absolute Gasteiger partial charge is 0.323 e. The summed E-state index contributed by atoms with van der Waals surface area (Å²) >= 11 is 0. The summed E-state index contributed by atoms with van der Waals surface area (Å²) in [6.07, 6.45) is 2.25. The molecule has 132 valence electrons. The van der Waals surface area contributed by atoms with E-state index in [1.165, 1.54) is 0 Å². The van der Waals surface area contributed by atoms with Crippen molar-refractivity contribution in [3.05, 3.63) is 35.9 Å². The molecule has 0 spiro atoms. The summed E-state index contributed by atoms with van der Waals surface area (Å²) < 4.78 is 10.5. The normalized spacial score (nSPS) is 16.4. The maximum absolute atomic E-state index is 12.2. The molecule has 1 heterocycles. The zero-order valence-electron chi connectivity index (χ0n) is 14.1. The zero-order valence-corrected chi connectivity index (χ0v) is 14.1. The lowest BCUT2D eigenvalue weighted by Gasteiger charge is -2.31. The molecule has 0 saturated carbocycles. The average Bonchev–Trinajstić information content (AvgIpc) is 2.64. The second-order valence-electron chi connectivity index (χ2n) is 6.09. The van der Waals surface area contributed by atoms with Gasteiger partial charge in [0, 0.05) is 32.7 Å². The summed E-state index contributed by atoms with van der Waals surface area (Å²) in [6, 6.07) is 8.86. The molecular weight excluding hydrogens is 308 g/mol. The van der Waals surface area contributed by atoms with E-state index in [0.29, 0.717) is 19.6 Å². The quantitative estimate of drug-likeness (QED) is 0.764. The first-order valence-corrected chi connectivity index (χ1v) is 8.37. The number of nitrogens with two attached hydrogens (primary N) is 1. The van der Waals surface area contributed by atoms with E-state index in [-0.39, 0.29) is 25.0 Å². The first-order valence-electron chi connectivity index (χ1n) is 8.37. The summed E-state index contributed by atoms with van der Waals surface area (Å²) in [5, 5.41) is 0. The summed E-state index contributed by atoms with van der Waals surface area (Å²) in [4.78, 5) is 25.9. The monoisotopic (exact) mass is 334 g/mol. The molecule has 1 unspecified atom stereocenters. The molecule has 1 aliphatic heterocycles. The van der Waals surface area contributed by atoms with Gasteiger partial charge < -0.3 is 20.1 Å². The van der Waals surface area contributed by atoms with Crippen LogP contribution >= 0.6 is 0 Å². The van der Waals surface area contributed by atoms with Crippen molar-refractivity contribution in [2.75, 3.05) is 20.3 Å². The van der Waals surface area contributed by atoms with E-state index in [4.69, 9.17) is 15.2 Å². The first kappa shape index (κ1) is 18.4. The fourth-order valence-corrected chi connectivity index (χ4v) is 2.68. The van der Waals surface area contributed by atoms with Crippen LogP contribution in [0, 0.1) is 0 Å². The molecule has 24 heavy (non-hydrogen) atoms. The van der Waals surface area contributed by atoms with Crippen LogP contribution in [0.2, 0.25) is 0 Å². The summed E-state index contributed by atoms with van der Waals surface area (Å²) in [5.74, 6) is -0.464. The Hall–Kier alpha value is -1.92. The molecule has 0 aromatic heterocycles. The molecule has 6 heteroatoms. The molecule has 1 fully saturated rings. The Morgan fingerprint density at radius 3 is 2.62 bits per heavy atom. The Kier molecular flexibility index (Phi) is 7.21. The van der Waals surface area contributed by atoms with Crippen molar-refractivity contribution < 1.29 is 19.1 Å². The molecule has 1 aliphatic rings. The highest BCUT2D eigenvalue weighted by Gasteiger charge is 2.24. The van der Waals surface area contributed by atoms with Gasteiger partial charge >= 0.3 is 5.97 Å². The van der Waals surface area contributed by atoms with Crippen molar-refractivity contribution in [1.82, 2.24) is 4.90 Å². The van der Waals surface area contributed by atoms with Crippen LogP contribution in [-0.4, -0.2) is 49.1 Å². The second kappa shape index (κ2) is 9.39. The van der Waals surface area contributed by atoms with Gasteiger partial charge in [-0.2, -0.15) is 0 Å². The van der Waals surface area contributed by atoms with Crippen molar-refractivity contribution in [2.24, 2.45) is 5.73 Å². The molecule has 2 N–H and O–H groups in total. The van der Waals surface area contributed by atoms with Gasteiger partial charge in [0.15, 0.2) is 0 Å². The maximum atomic E-state index is 12.2. The minimum absolute atomic E-state index is 0.00760. The van der Waals surface area contributed by atoms with Crippen LogP contribution in [0.25, 0.3) is 0 Å². The molecule has 0 aliphatic carbocycles. The molecule has 0 bridgehead atoms. The SMILES string of the molecule is CN(C(=O)CCC(N)C(=O)OCc1ccccc1)C1CCOCC1.